The molecule has 0 saturated carbocycles. The molecule has 0 heterocycles. The number of hydrogen-bond acceptors (Lipinski definition) is 3. The Kier molecular flexibility index (Phi) is 6.74. The molecule has 0 spiro atoms. The molecule has 0 aliphatic rings. The highest BCUT2D eigenvalue weighted by Gasteiger charge is 2.18. The van der Waals surface area contributed by atoms with Crippen molar-refractivity contribution < 1.29 is 14.6 Å². The third kappa shape index (κ3) is 5.07. The minimum Gasteiger partial charge on any atom is -0.497 e. The number of hydrogen-bond donors (Lipinski definition) is 1. The molecule has 1 N–H and O–H groups in total. The van der Waals surface area contributed by atoms with Gasteiger partial charge in [0.1, 0.15) is 11.9 Å². The van der Waals surface area contributed by atoms with Crippen LogP contribution in [0, 0.1) is 0 Å². The van der Waals surface area contributed by atoms with Crippen LogP contribution in [0.2, 0.25) is 0 Å². The Bertz CT molecular complexity index is 725. The summed E-state index contributed by atoms with van der Waals surface area (Å²) in [5.74, 6) is 0.638. The minimum atomic E-state index is -1.08. The second-order valence-corrected chi connectivity index (χ2v) is 5.06. The van der Waals surface area contributed by atoms with Gasteiger partial charge in [-0.15, -0.1) is 0 Å². The van der Waals surface area contributed by atoms with Gasteiger partial charge in [0, 0.05) is 5.56 Å². The molecule has 0 saturated heterocycles. The molecule has 0 aliphatic heterocycles. The van der Waals surface area contributed by atoms with Gasteiger partial charge in [0.15, 0.2) is 5.78 Å². The molecule has 0 radical (unpaired) electrons. The molecular weight excluding hydrogens is 300 g/mol. The topological polar surface area (TPSA) is 46.5 Å². The summed E-state index contributed by atoms with van der Waals surface area (Å²) in [7, 11) is 1.66. The highest BCUT2D eigenvalue weighted by molar-refractivity contribution is 5.99. The first kappa shape index (κ1) is 17.4. The first-order valence-corrected chi connectivity index (χ1v) is 7.63. The largest absolute Gasteiger partial charge is 0.497 e. The highest BCUT2D eigenvalue weighted by atomic mass is 16.5. The number of Topliss-reactive ketones (excluding diaryl/α,β-unsaturated/α-hetero) is 1. The number of aliphatic hydroxyl groups excluding tert-OH is 1. The molecule has 122 valence electrons. The van der Waals surface area contributed by atoms with Gasteiger partial charge in [-0.25, -0.2) is 0 Å². The Morgan fingerprint density at radius 2 is 1.25 bits per heavy atom. The molecule has 24 heavy (non-hydrogen) atoms. The first-order chi connectivity index (χ1) is 11.7. The zero-order chi connectivity index (χ0) is 17.2. The van der Waals surface area contributed by atoms with E-state index in [0.29, 0.717) is 11.1 Å². The fraction of sp³-hybridized carbons (Fsp3) is 0.0952. The minimum absolute atomic E-state index is 0.271. The number of aliphatic hydroxyl groups is 1. The summed E-state index contributed by atoms with van der Waals surface area (Å²) in [6.07, 6.45) is -1.08. The van der Waals surface area contributed by atoms with Crippen molar-refractivity contribution in [3.8, 4) is 5.75 Å². The van der Waals surface area contributed by atoms with E-state index >= 15 is 0 Å². The lowest BCUT2D eigenvalue weighted by molar-refractivity contribution is 0.0747. The Balaban J connectivity index is 0.000000219. The van der Waals surface area contributed by atoms with E-state index in [2.05, 4.69) is 0 Å². The summed E-state index contributed by atoms with van der Waals surface area (Å²) >= 11 is 0. The monoisotopic (exact) mass is 320 g/mol. The molecule has 3 heteroatoms. The first-order valence-electron chi connectivity index (χ1n) is 7.63. The van der Waals surface area contributed by atoms with Crippen molar-refractivity contribution >= 4 is 5.78 Å². The molecule has 1 atom stereocenters. The average molecular weight is 320 g/mol. The maximum absolute atomic E-state index is 11.9. The van der Waals surface area contributed by atoms with E-state index in [-0.39, 0.29) is 5.78 Å². The van der Waals surface area contributed by atoms with Gasteiger partial charge in [-0.05, 0) is 17.7 Å². The molecule has 3 aromatic rings. The van der Waals surface area contributed by atoms with Gasteiger partial charge >= 0.3 is 0 Å². The standard InChI is InChI=1S/C14H12O2.C7H8O/c15-13(11-7-3-1-4-8-11)14(16)12-9-5-2-6-10-12;1-8-7-5-3-2-4-6-7/h1-10,13,15H;2-6H,1H3. The number of ether oxygens (including phenoxy) is 1. The van der Waals surface area contributed by atoms with Crippen LogP contribution < -0.4 is 4.74 Å². The van der Waals surface area contributed by atoms with Crippen molar-refractivity contribution in [1.29, 1.82) is 0 Å². The molecular formula is C21H20O3. The van der Waals surface area contributed by atoms with Gasteiger partial charge in [0.2, 0.25) is 0 Å². The Morgan fingerprint density at radius 3 is 1.71 bits per heavy atom. The normalized spacial score (nSPS) is 10.9. The number of para-hydroxylation sites is 1. The maximum Gasteiger partial charge on any atom is 0.195 e. The van der Waals surface area contributed by atoms with Crippen molar-refractivity contribution in [3.05, 3.63) is 102 Å². The third-order valence-electron chi connectivity index (χ3n) is 3.40. The molecule has 3 rings (SSSR count). The van der Waals surface area contributed by atoms with Crippen molar-refractivity contribution in [1.82, 2.24) is 0 Å². The molecule has 1 unspecified atom stereocenters. The van der Waals surface area contributed by atoms with E-state index in [1.54, 1.807) is 55.6 Å². The molecule has 0 aliphatic carbocycles. The summed E-state index contributed by atoms with van der Waals surface area (Å²) in [6, 6.07) is 27.4. The van der Waals surface area contributed by atoms with Gasteiger partial charge in [-0.3, -0.25) is 4.79 Å². The van der Waals surface area contributed by atoms with Gasteiger partial charge in [0.25, 0.3) is 0 Å². The number of carbonyl (C=O) groups is 1. The Morgan fingerprint density at radius 1 is 0.792 bits per heavy atom. The molecule has 3 nitrogen and oxygen atoms in total. The predicted molar refractivity (Wildman–Crippen MR) is 95.2 cm³/mol. The molecule has 0 bridgehead atoms. The van der Waals surface area contributed by atoms with Gasteiger partial charge < -0.3 is 9.84 Å². The van der Waals surface area contributed by atoms with Crippen LogP contribution in [0.1, 0.15) is 22.0 Å². The van der Waals surface area contributed by atoms with Crippen molar-refractivity contribution in [2.45, 2.75) is 6.10 Å². The van der Waals surface area contributed by atoms with Gasteiger partial charge in [0.05, 0.1) is 7.11 Å². The summed E-state index contributed by atoms with van der Waals surface area (Å²) in [6.45, 7) is 0. The van der Waals surface area contributed by atoms with Crippen molar-refractivity contribution in [2.75, 3.05) is 7.11 Å². The van der Waals surface area contributed by atoms with Crippen LogP contribution in [0.25, 0.3) is 0 Å². The maximum atomic E-state index is 11.9. The van der Waals surface area contributed by atoms with Crippen LogP contribution in [-0.4, -0.2) is 18.0 Å². The van der Waals surface area contributed by atoms with E-state index in [0.717, 1.165) is 5.75 Å². The Labute approximate surface area is 142 Å². The van der Waals surface area contributed by atoms with Crippen molar-refractivity contribution in [3.63, 3.8) is 0 Å². The SMILES string of the molecule is COc1ccccc1.O=C(c1ccccc1)C(O)c1ccccc1. The fourth-order valence-electron chi connectivity index (χ4n) is 2.10. The van der Waals surface area contributed by atoms with Gasteiger partial charge in [-0.2, -0.15) is 0 Å². The van der Waals surface area contributed by atoms with Crippen LogP contribution in [0.4, 0.5) is 0 Å². The second kappa shape index (κ2) is 9.28. The van der Waals surface area contributed by atoms with Crippen LogP contribution in [0.3, 0.4) is 0 Å². The summed E-state index contributed by atoms with van der Waals surface area (Å²) in [5, 5.41) is 9.89. The quantitative estimate of drug-likeness (QED) is 0.729. The smallest absolute Gasteiger partial charge is 0.195 e. The number of benzene rings is 3. The zero-order valence-electron chi connectivity index (χ0n) is 13.5. The molecule has 0 amide bonds. The van der Waals surface area contributed by atoms with Crippen molar-refractivity contribution in [2.24, 2.45) is 0 Å². The average Bonchev–Trinajstić information content (AvgIpc) is 2.69. The van der Waals surface area contributed by atoms with E-state index in [1.165, 1.54) is 0 Å². The fourth-order valence-corrected chi connectivity index (χ4v) is 2.10. The number of carbonyl (C=O) groups excluding carboxylic acids is 1. The summed E-state index contributed by atoms with van der Waals surface area (Å²) in [5.41, 5.74) is 1.15. The lowest BCUT2D eigenvalue weighted by atomic mass is 10.0. The van der Waals surface area contributed by atoms with E-state index in [1.807, 2.05) is 42.5 Å². The van der Waals surface area contributed by atoms with Crippen LogP contribution in [-0.2, 0) is 0 Å². The van der Waals surface area contributed by atoms with Gasteiger partial charge in [-0.1, -0.05) is 78.9 Å². The highest BCUT2D eigenvalue weighted by Crippen LogP contribution is 2.17. The lowest BCUT2D eigenvalue weighted by Gasteiger charge is -2.09. The van der Waals surface area contributed by atoms with Crippen LogP contribution >= 0.6 is 0 Å². The molecule has 0 fully saturated rings. The summed E-state index contributed by atoms with van der Waals surface area (Å²) in [4.78, 5) is 11.9. The molecule has 3 aromatic carbocycles. The Hall–Kier alpha value is -2.91. The summed E-state index contributed by atoms with van der Waals surface area (Å²) < 4.78 is 4.91. The van der Waals surface area contributed by atoms with E-state index in [9.17, 15) is 9.90 Å². The lowest BCUT2D eigenvalue weighted by Crippen LogP contribution is -2.11. The van der Waals surface area contributed by atoms with Crippen LogP contribution in [0.5, 0.6) is 5.75 Å². The predicted octanol–water partition coefficient (Wildman–Crippen LogP) is 4.30. The second-order valence-electron chi connectivity index (χ2n) is 5.06. The molecule has 0 aromatic heterocycles. The van der Waals surface area contributed by atoms with Crippen LogP contribution in [0.15, 0.2) is 91.0 Å². The van der Waals surface area contributed by atoms with E-state index in [4.69, 9.17) is 4.74 Å². The number of methoxy groups -OCH3 is 1. The van der Waals surface area contributed by atoms with E-state index < -0.39 is 6.10 Å². The zero-order valence-corrected chi connectivity index (χ0v) is 13.5. The number of rotatable bonds is 4. The third-order valence-corrected chi connectivity index (χ3v) is 3.40. The number of ketones is 1.